The Balaban J connectivity index is 1.85. The molecule has 0 spiro atoms. The lowest BCUT2D eigenvalue weighted by Crippen LogP contribution is -2.50. The summed E-state index contributed by atoms with van der Waals surface area (Å²) in [6, 6.07) is 8.63. The highest BCUT2D eigenvalue weighted by Gasteiger charge is 2.34. The van der Waals surface area contributed by atoms with Crippen molar-refractivity contribution in [2.24, 2.45) is 5.92 Å². The van der Waals surface area contributed by atoms with Crippen molar-refractivity contribution in [1.29, 1.82) is 5.26 Å². The van der Waals surface area contributed by atoms with E-state index in [0.717, 1.165) is 12.0 Å². The Bertz CT molecular complexity index is 609. The van der Waals surface area contributed by atoms with E-state index >= 15 is 0 Å². The smallest absolute Gasteiger partial charge is 0.326 e. The number of aliphatic carboxylic acids is 1. The molecule has 122 valence electrons. The molecule has 0 saturated carbocycles. The SMILES string of the molecule is CC1CCN(C(=O)CSCc2ccc(C#N)cc2)C(C(=O)O)C1. The minimum absolute atomic E-state index is 0.108. The number of benzene rings is 1. The van der Waals surface area contributed by atoms with Crippen molar-refractivity contribution in [2.75, 3.05) is 12.3 Å². The van der Waals surface area contributed by atoms with E-state index in [2.05, 4.69) is 6.07 Å². The van der Waals surface area contributed by atoms with E-state index in [9.17, 15) is 14.7 Å². The molecular formula is C17H20N2O3S. The van der Waals surface area contributed by atoms with Crippen molar-refractivity contribution in [2.45, 2.75) is 31.6 Å². The van der Waals surface area contributed by atoms with E-state index in [1.54, 1.807) is 12.1 Å². The van der Waals surface area contributed by atoms with Gasteiger partial charge in [-0.2, -0.15) is 5.26 Å². The van der Waals surface area contributed by atoms with Gasteiger partial charge in [0.25, 0.3) is 0 Å². The van der Waals surface area contributed by atoms with Crippen molar-refractivity contribution in [3.63, 3.8) is 0 Å². The summed E-state index contributed by atoms with van der Waals surface area (Å²) in [7, 11) is 0. The number of nitriles is 1. The molecule has 0 aromatic heterocycles. The summed E-state index contributed by atoms with van der Waals surface area (Å²) in [5.41, 5.74) is 1.66. The number of carboxylic acid groups (broad SMARTS) is 1. The second kappa shape index (κ2) is 8.02. The largest absolute Gasteiger partial charge is 0.480 e. The van der Waals surface area contributed by atoms with Crippen LogP contribution in [-0.2, 0) is 15.3 Å². The fourth-order valence-electron chi connectivity index (χ4n) is 2.69. The highest BCUT2D eigenvalue weighted by atomic mass is 32.2. The van der Waals surface area contributed by atoms with Crippen molar-refractivity contribution in [3.8, 4) is 6.07 Å². The minimum atomic E-state index is -0.915. The van der Waals surface area contributed by atoms with Gasteiger partial charge in [-0.1, -0.05) is 19.1 Å². The number of piperidine rings is 1. The van der Waals surface area contributed by atoms with Gasteiger partial charge in [-0.05, 0) is 36.5 Å². The molecule has 1 N–H and O–H groups in total. The molecule has 23 heavy (non-hydrogen) atoms. The molecule has 2 atom stereocenters. The Morgan fingerprint density at radius 3 is 2.70 bits per heavy atom. The van der Waals surface area contributed by atoms with Gasteiger partial charge in [-0.15, -0.1) is 11.8 Å². The van der Waals surface area contributed by atoms with Gasteiger partial charge in [0.05, 0.1) is 17.4 Å². The maximum atomic E-state index is 12.3. The second-order valence-corrected chi connectivity index (χ2v) is 6.86. The first-order chi connectivity index (χ1) is 11.0. The molecule has 1 aliphatic rings. The van der Waals surface area contributed by atoms with Crippen LogP contribution in [0.2, 0.25) is 0 Å². The summed E-state index contributed by atoms with van der Waals surface area (Å²) in [6.45, 7) is 2.55. The quantitative estimate of drug-likeness (QED) is 0.896. The summed E-state index contributed by atoms with van der Waals surface area (Å²) in [6.07, 6.45) is 1.39. The number of rotatable bonds is 5. The van der Waals surface area contributed by atoms with Crippen LogP contribution in [0.1, 0.15) is 30.9 Å². The molecule has 2 rings (SSSR count). The van der Waals surface area contributed by atoms with E-state index in [0.29, 0.717) is 30.2 Å². The van der Waals surface area contributed by atoms with Crippen LogP contribution in [0, 0.1) is 17.2 Å². The third-order valence-electron chi connectivity index (χ3n) is 4.05. The van der Waals surface area contributed by atoms with E-state index < -0.39 is 12.0 Å². The minimum Gasteiger partial charge on any atom is -0.480 e. The maximum Gasteiger partial charge on any atom is 0.326 e. The van der Waals surface area contributed by atoms with Crippen molar-refractivity contribution >= 4 is 23.6 Å². The summed E-state index contributed by atoms with van der Waals surface area (Å²) < 4.78 is 0. The van der Waals surface area contributed by atoms with Crippen LogP contribution >= 0.6 is 11.8 Å². The maximum absolute atomic E-state index is 12.3. The zero-order chi connectivity index (χ0) is 16.8. The zero-order valence-electron chi connectivity index (χ0n) is 13.1. The third-order valence-corrected chi connectivity index (χ3v) is 5.04. The number of carboxylic acids is 1. The van der Waals surface area contributed by atoms with E-state index in [-0.39, 0.29) is 11.7 Å². The molecule has 1 fully saturated rings. The molecular weight excluding hydrogens is 312 g/mol. The third kappa shape index (κ3) is 4.73. The molecule has 2 unspecified atom stereocenters. The lowest BCUT2D eigenvalue weighted by molar-refractivity contribution is -0.151. The van der Waals surface area contributed by atoms with E-state index in [1.165, 1.54) is 16.7 Å². The summed E-state index contributed by atoms with van der Waals surface area (Å²) in [5, 5.41) is 18.1. The molecule has 0 bridgehead atoms. The van der Waals surface area contributed by atoms with E-state index in [1.807, 2.05) is 19.1 Å². The molecule has 1 saturated heterocycles. The van der Waals surface area contributed by atoms with Crippen LogP contribution in [0.3, 0.4) is 0 Å². The Hall–Kier alpha value is -2.00. The number of likely N-dealkylation sites (tertiary alicyclic amines) is 1. The standard InChI is InChI=1S/C17H20N2O3S/c1-12-6-7-19(15(8-12)17(21)22)16(20)11-23-10-14-4-2-13(9-18)3-5-14/h2-5,12,15H,6-8,10-11H2,1H3,(H,21,22). The topological polar surface area (TPSA) is 81.4 Å². The number of carbonyl (C=O) groups is 2. The average molecular weight is 332 g/mol. The van der Waals surface area contributed by atoms with E-state index in [4.69, 9.17) is 5.26 Å². The summed E-state index contributed by atoms with van der Waals surface area (Å²) >= 11 is 1.47. The lowest BCUT2D eigenvalue weighted by Gasteiger charge is -2.36. The van der Waals surface area contributed by atoms with Crippen LogP contribution < -0.4 is 0 Å². The molecule has 0 radical (unpaired) electrons. The molecule has 1 heterocycles. The molecule has 1 aromatic carbocycles. The number of amides is 1. The van der Waals surface area contributed by atoms with Gasteiger partial charge in [0.2, 0.25) is 5.91 Å². The number of thioether (sulfide) groups is 1. The number of hydrogen-bond acceptors (Lipinski definition) is 4. The second-order valence-electron chi connectivity index (χ2n) is 5.87. The number of nitrogens with zero attached hydrogens (tertiary/aromatic N) is 2. The van der Waals surface area contributed by atoms with Crippen LogP contribution in [0.15, 0.2) is 24.3 Å². The predicted molar refractivity (Wildman–Crippen MR) is 88.9 cm³/mol. The lowest BCUT2D eigenvalue weighted by atomic mass is 9.92. The van der Waals surface area contributed by atoms with Gasteiger partial charge in [0.15, 0.2) is 0 Å². The first-order valence-electron chi connectivity index (χ1n) is 7.60. The molecule has 5 nitrogen and oxygen atoms in total. The Kier molecular flexibility index (Phi) is 6.05. The van der Waals surface area contributed by atoms with Gasteiger partial charge >= 0.3 is 5.97 Å². The monoisotopic (exact) mass is 332 g/mol. The van der Waals surface area contributed by atoms with Gasteiger partial charge in [0.1, 0.15) is 6.04 Å². The van der Waals surface area contributed by atoms with Crippen molar-refractivity contribution < 1.29 is 14.7 Å². The van der Waals surface area contributed by atoms with Crippen molar-refractivity contribution in [1.82, 2.24) is 4.90 Å². The molecule has 0 aliphatic carbocycles. The first-order valence-corrected chi connectivity index (χ1v) is 8.75. The number of hydrogen-bond donors (Lipinski definition) is 1. The molecule has 1 aromatic rings. The summed E-state index contributed by atoms with van der Waals surface area (Å²) in [4.78, 5) is 25.2. The Labute approximate surface area is 140 Å². The van der Waals surface area contributed by atoms with Gasteiger partial charge in [-0.3, -0.25) is 4.79 Å². The van der Waals surface area contributed by atoms with Crippen LogP contribution in [0.4, 0.5) is 0 Å². The Morgan fingerprint density at radius 1 is 1.39 bits per heavy atom. The van der Waals surface area contributed by atoms with Gasteiger partial charge in [0, 0.05) is 12.3 Å². The average Bonchev–Trinajstić information content (AvgIpc) is 2.55. The fraction of sp³-hybridized carbons (Fsp3) is 0.471. The van der Waals surface area contributed by atoms with Crippen molar-refractivity contribution in [3.05, 3.63) is 35.4 Å². The molecule has 6 heteroatoms. The van der Waals surface area contributed by atoms with Gasteiger partial charge in [-0.25, -0.2) is 4.79 Å². The normalized spacial score (nSPS) is 20.8. The highest BCUT2D eigenvalue weighted by Crippen LogP contribution is 2.24. The van der Waals surface area contributed by atoms with Crippen LogP contribution in [0.5, 0.6) is 0 Å². The predicted octanol–water partition coefficient (Wildman–Crippen LogP) is 2.50. The number of carbonyl (C=O) groups excluding carboxylic acids is 1. The van der Waals surface area contributed by atoms with Crippen LogP contribution in [-0.4, -0.2) is 40.2 Å². The first kappa shape index (κ1) is 17.4. The summed E-state index contributed by atoms with van der Waals surface area (Å²) in [5.74, 6) is 0.258. The Morgan fingerprint density at radius 2 is 2.09 bits per heavy atom. The highest BCUT2D eigenvalue weighted by molar-refractivity contribution is 7.99. The van der Waals surface area contributed by atoms with Gasteiger partial charge < -0.3 is 10.0 Å². The molecule has 1 aliphatic heterocycles. The molecule has 1 amide bonds. The zero-order valence-corrected chi connectivity index (χ0v) is 13.9. The fourth-order valence-corrected chi connectivity index (χ4v) is 3.56. The van der Waals surface area contributed by atoms with Crippen LogP contribution in [0.25, 0.3) is 0 Å².